The maximum atomic E-state index is 13.6. The van der Waals surface area contributed by atoms with E-state index in [1.165, 1.54) is 23.1 Å². The molecule has 7 nitrogen and oxygen atoms in total. The average molecular weight is 456 g/mol. The Morgan fingerprint density at radius 3 is 2.85 bits per heavy atom. The van der Waals surface area contributed by atoms with Gasteiger partial charge in [-0.05, 0) is 43.7 Å². The van der Waals surface area contributed by atoms with Crippen LogP contribution in [0, 0.1) is 11.7 Å². The number of carbonyl (C=O) groups excluding carboxylic acids is 2. The van der Waals surface area contributed by atoms with Gasteiger partial charge in [-0.25, -0.2) is 9.37 Å². The number of likely N-dealkylation sites (N-methyl/N-ethyl adjacent to an activating group) is 1. The van der Waals surface area contributed by atoms with Gasteiger partial charge in [-0.3, -0.25) is 9.59 Å². The van der Waals surface area contributed by atoms with E-state index >= 15 is 0 Å². The molecule has 1 aromatic carbocycles. The first kappa shape index (κ1) is 24.4. The van der Waals surface area contributed by atoms with Crippen molar-refractivity contribution in [2.45, 2.75) is 32.9 Å². The number of fused-ring (bicyclic) bond motifs is 1. The van der Waals surface area contributed by atoms with E-state index in [2.05, 4.69) is 4.98 Å². The first-order valence-corrected chi connectivity index (χ1v) is 11.0. The Morgan fingerprint density at radius 2 is 2.18 bits per heavy atom. The second-order valence-corrected chi connectivity index (χ2v) is 8.44. The lowest BCUT2D eigenvalue weighted by atomic mass is 9.99. The van der Waals surface area contributed by atoms with E-state index in [0.717, 1.165) is 5.56 Å². The van der Waals surface area contributed by atoms with Crippen molar-refractivity contribution in [3.05, 3.63) is 65.1 Å². The minimum absolute atomic E-state index is 0.170. The minimum Gasteiger partial charge on any atom is -0.472 e. The van der Waals surface area contributed by atoms with Crippen LogP contribution >= 0.6 is 0 Å². The number of hydrogen-bond acceptors (Lipinski definition) is 5. The van der Waals surface area contributed by atoms with Gasteiger partial charge in [-0.15, -0.1) is 0 Å². The lowest BCUT2D eigenvalue weighted by molar-refractivity contribution is 0.0313. The summed E-state index contributed by atoms with van der Waals surface area (Å²) in [6, 6.07) is 6.86. The van der Waals surface area contributed by atoms with Crippen LogP contribution in [0.15, 0.2) is 42.6 Å². The highest BCUT2D eigenvalue weighted by atomic mass is 19.1. The van der Waals surface area contributed by atoms with Gasteiger partial charge in [-0.2, -0.15) is 0 Å². The zero-order valence-electron chi connectivity index (χ0n) is 19.4. The fourth-order valence-corrected chi connectivity index (χ4v) is 3.81. The molecule has 0 fully saturated rings. The summed E-state index contributed by atoms with van der Waals surface area (Å²) >= 11 is 0. The highest BCUT2D eigenvalue weighted by Gasteiger charge is 2.34. The summed E-state index contributed by atoms with van der Waals surface area (Å²) in [5.41, 5.74) is 1.31. The van der Waals surface area contributed by atoms with E-state index in [-0.39, 0.29) is 42.3 Å². The number of carbonyl (C=O) groups is 2. The highest BCUT2D eigenvalue weighted by molar-refractivity contribution is 5.97. The van der Waals surface area contributed by atoms with Crippen LogP contribution < -0.4 is 4.74 Å². The van der Waals surface area contributed by atoms with Gasteiger partial charge >= 0.3 is 0 Å². The second kappa shape index (κ2) is 10.6. The van der Waals surface area contributed by atoms with Crippen molar-refractivity contribution in [2.24, 2.45) is 5.92 Å². The number of nitrogens with zero attached hydrogens (tertiary/aromatic N) is 3. The van der Waals surface area contributed by atoms with Crippen molar-refractivity contribution in [1.29, 1.82) is 0 Å². The molecule has 33 heavy (non-hydrogen) atoms. The predicted molar refractivity (Wildman–Crippen MR) is 123 cm³/mol. The number of amides is 2. The van der Waals surface area contributed by atoms with Crippen LogP contribution in [-0.2, 0) is 0 Å². The largest absolute Gasteiger partial charge is 0.472 e. The molecule has 1 aromatic heterocycles. The van der Waals surface area contributed by atoms with E-state index in [0.29, 0.717) is 12.1 Å². The first-order valence-electron chi connectivity index (χ1n) is 11.0. The number of rotatable bonds is 6. The molecule has 3 rings (SSSR count). The average Bonchev–Trinajstić information content (AvgIpc) is 2.80. The van der Waals surface area contributed by atoms with E-state index in [1.54, 1.807) is 37.2 Å². The number of hydrogen-bond donors (Lipinski definition) is 1. The maximum absolute atomic E-state index is 13.6. The van der Waals surface area contributed by atoms with Gasteiger partial charge in [0.25, 0.3) is 11.8 Å². The maximum Gasteiger partial charge on any atom is 0.259 e. The molecular weight excluding hydrogens is 425 g/mol. The molecule has 2 aromatic rings. The lowest BCUT2D eigenvalue weighted by Gasteiger charge is -2.37. The number of aliphatic hydroxyl groups is 1. The zero-order valence-corrected chi connectivity index (χ0v) is 19.4. The molecule has 3 atom stereocenters. The Balaban J connectivity index is 1.93. The fourth-order valence-electron chi connectivity index (χ4n) is 3.81. The smallest absolute Gasteiger partial charge is 0.259 e. The molecule has 1 N–H and O–H groups in total. The number of halogens is 1. The summed E-state index contributed by atoms with van der Waals surface area (Å²) in [5, 5.41) is 9.74. The first-order chi connectivity index (χ1) is 15.7. The quantitative estimate of drug-likeness (QED) is 0.723. The number of pyridine rings is 1. The number of benzene rings is 1. The number of aromatic nitrogens is 1. The van der Waals surface area contributed by atoms with Crippen molar-refractivity contribution in [3.63, 3.8) is 0 Å². The van der Waals surface area contributed by atoms with E-state index in [4.69, 9.17) is 4.74 Å². The molecule has 0 spiro atoms. The minimum atomic E-state index is -0.480. The van der Waals surface area contributed by atoms with Gasteiger partial charge in [0.15, 0.2) is 0 Å². The van der Waals surface area contributed by atoms with Crippen LogP contribution in [0.25, 0.3) is 6.08 Å². The molecule has 0 radical (unpaired) electrons. The molecule has 1 aliphatic heterocycles. The Morgan fingerprint density at radius 1 is 1.42 bits per heavy atom. The Kier molecular flexibility index (Phi) is 7.81. The highest BCUT2D eigenvalue weighted by Crippen LogP contribution is 2.28. The molecule has 0 saturated heterocycles. The van der Waals surface area contributed by atoms with Crippen molar-refractivity contribution in [3.8, 4) is 5.88 Å². The SMILES string of the molecule is C/C=C/c1cnc2c(c1)C(=O)N([C@@H](C)CO)C[C@H](C)[C@@H](CN(C)C(=O)c1cccc(F)c1)O2. The molecule has 1 aliphatic rings. The summed E-state index contributed by atoms with van der Waals surface area (Å²) in [4.78, 5) is 33.6. The summed E-state index contributed by atoms with van der Waals surface area (Å²) in [5.74, 6) is -1.06. The van der Waals surface area contributed by atoms with Crippen molar-refractivity contribution >= 4 is 17.9 Å². The number of ether oxygens (including phenoxy) is 1. The Labute approximate surface area is 193 Å². The fraction of sp³-hybridized carbons (Fsp3) is 0.400. The third-order valence-corrected chi connectivity index (χ3v) is 5.77. The van der Waals surface area contributed by atoms with Gasteiger partial charge < -0.3 is 19.6 Å². The standard InChI is InChI=1S/C25H30FN3O4/c1-5-7-18-10-21-23(27-12-18)33-22(16(2)13-29(25(21)32)17(3)15-30)14-28(4)24(31)19-8-6-9-20(26)11-19/h5-12,16-17,22,30H,13-15H2,1-4H3/b7-5+/t16-,17-,22+/m0/s1. The van der Waals surface area contributed by atoms with Crippen LogP contribution in [0.4, 0.5) is 4.39 Å². The zero-order chi connectivity index (χ0) is 24.1. The molecule has 0 unspecified atom stereocenters. The second-order valence-electron chi connectivity index (χ2n) is 8.44. The number of allylic oxidation sites excluding steroid dienone is 1. The summed E-state index contributed by atoms with van der Waals surface area (Å²) in [6.07, 6.45) is 4.83. The molecular formula is C25H30FN3O4. The topological polar surface area (TPSA) is 83.0 Å². The molecule has 8 heteroatoms. The van der Waals surface area contributed by atoms with Crippen molar-refractivity contribution < 1.29 is 23.8 Å². The molecule has 0 aliphatic carbocycles. The molecule has 176 valence electrons. The van der Waals surface area contributed by atoms with Crippen LogP contribution in [-0.4, -0.2) is 70.6 Å². The van der Waals surface area contributed by atoms with Crippen molar-refractivity contribution in [2.75, 3.05) is 26.7 Å². The third kappa shape index (κ3) is 5.57. The normalized spacial score (nSPS) is 19.5. The van der Waals surface area contributed by atoms with E-state index < -0.39 is 18.0 Å². The van der Waals surface area contributed by atoms with Gasteiger partial charge in [0.05, 0.1) is 19.2 Å². The van der Waals surface area contributed by atoms with Gasteiger partial charge in [0.2, 0.25) is 5.88 Å². The van der Waals surface area contributed by atoms with Crippen LogP contribution in [0.1, 0.15) is 47.1 Å². The predicted octanol–water partition coefficient (Wildman–Crippen LogP) is 3.25. The van der Waals surface area contributed by atoms with E-state index in [1.807, 2.05) is 26.0 Å². The molecule has 0 saturated carbocycles. The van der Waals surface area contributed by atoms with Crippen LogP contribution in [0.3, 0.4) is 0 Å². The van der Waals surface area contributed by atoms with Gasteiger partial charge in [0.1, 0.15) is 17.5 Å². The Hall–Kier alpha value is -3.26. The van der Waals surface area contributed by atoms with Crippen molar-refractivity contribution in [1.82, 2.24) is 14.8 Å². The van der Waals surface area contributed by atoms with Crippen LogP contribution in [0.2, 0.25) is 0 Å². The monoisotopic (exact) mass is 455 g/mol. The molecule has 0 bridgehead atoms. The summed E-state index contributed by atoms with van der Waals surface area (Å²) in [7, 11) is 1.63. The van der Waals surface area contributed by atoms with Gasteiger partial charge in [0, 0.05) is 31.3 Å². The third-order valence-electron chi connectivity index (χ3n) is 5.77. The van der Waals surface area contributed by atoms with Gasteiger partial charge in [-0.1, -0.05) is 25.1 Å². The van der Waals surface area contributed by atoms with E-state index in [9.17, 15) is 19.1 Å². The molecule has 2 amide bonds. The summed E-state index contributed by atoms with van der Waals surface area (Å²) < 4.78 is 19.8. The summed E-state index contributed by atoms with van der Waals surface area (Å²) in [6.45, 7) is 5.95. The lowest BCUT2D eigenvalue weighted by Crippen LogP contribution is -2.50. The molecule has 2 heterocycles. The van der Waals surface area contributed by atoms with Crippen LogP contribution in [0.5, 0.6) is 5.88 Å². The number of aliphatic hydroxyl groups excluding tert-OH is 1. The Bertz CT molecular complexity index is 1040.